The van der Waals surface area contributed by atoms with E-state index in [-0.39, 0.29) is 11.4 Å². The molecule has 0 amide bonds. The molecule has 0 radical (unpaired) electrons. The molecule has 22 heavy (non-hydrogen) atoms. The molecule has 0 unspecified atom stereocenters. The molecule has 0 aliphatic carbocycles. The third-order valence-electron chi connectivity index (χ3n) is 3.15. The van der Waals surface area contributed by atoms with Crippen molar-refractivity contribution in [1.29, 1.82) is 0 Å². The van der Waals surface area contributed by atoms with E-state index >= 15 is 0 Å². The van der Waals surface area contributed by atoms with E-state index in [4.69, 9.17) is 9.15 Å². The second-order valence-corrected chi connectivity index (χ2v) is 4.55. The van der Waals surface area contributed by atoms with Crippen molar-refractivity contribution in [1.82, 2.24) is 0 Å². The van der Waals surface area contributed by atoms with E-state index in [0.717, 1.165) is 0 Å². The first-order chi connectivity index (χ1) is 10.7. The Hall–Kier alpha value is -3.06. The Bertz CT molecular complexity index is 944. The summed E-state index contributed by atoms with van der Waals surface area (Å²) in [4.78, 5) is 12.1. The number of methoxy groups -OCH3 is 1. The minimum absolute atomic E-state index is 0.144. The van der Waals surface area contributed by atoms with Crippen LogP contribution < -0.4 is 10.4 Å². The zero-order valence-electron chi connectivity index (χ0n) is 11.7. The van der Waals surface area contributed by atoms with E-state index in [2.05, 4.69) is 11.8 Å². The van der Waals surface area contributed by atoms with Crippen LogP contribution in [0.2, 0.25) is 0 Å². The van der Waals surface area contributed by atoms with Crippen LogP contribution in [0.4, 0.5) is 4.39 Å². The minimum Gasteiger partial charge on any atom is -0.494 e. The molecule has 108 valence electrons. The van der Waals surface area contributed by atoms with Gasteiger partial charge in [0.2, 0.25) is 0 Å². The van der Waals surface area contributed by atoms with Crippen LogP contribution in [0.25, 0.3) is 11.0 Å². The normalized spacial score (nSPS) is 10.1. The van der Waals surface area contributed by atoms with Gasteiger partial charge in [-0.25, -0.2) is 9.18 Å². The Morgan fingerprint density at radius 2 is 1.77 bits per heavy atom. The van der Waals surface area contributed by atoms with Crippen LogP contribution in [-0.2, 0) is 0 Å². The molecule has 0 spiro atoms. The topological polar surface area (TPSA) is 39.4 Å². The Morgan fingerprint density at radius 3 is 2.50 bits per heavy atom. The highest BCUT2D eigenvalue weighted by Gasteiger charge is 2.13. The highest BCUT2D eigenvalue weighted by Crippen LogP contribution is 2.26. The number of para-hydroxylation sites is 1. The van der Waals surface area contributed by atoms with Crippen molar-refractivity contribution in [2.75, 3.05) is 7.11 Å². The van der Waals surface area contributed by atoms with E-state index in [1.807, 2.05) is 6.07 Å². The first kappa shape index (κ1) is 13.9. The first-order valence-corrected chi connectivity index (χ1v) is 6.56. The van der Waals surface area contributed by atoms with Gasteiger partial charge in [0, 0.05) is 5.56 Å². The van der Waals surface area contributed by atoms with Crippen LogP contribution in [0.5, 0.6) is 5.75 Å². The molecule has 4 heteroatoms. The number of rotatable bonds is 1. The second kappa shape index (κ2) is 5.74. The number of ether oxygens (including phenoxy) is 1. The van der Waals surface area contributed by atoms with Crippen LogP contribution >= 0.6 is 0 Å². The maximum Gasteiger partial charge on any atom is 0.356 e. The summed E-state index contributed by atoms with van der Waals surface area (Å²) in [5, 5.41) is 0.674. The van der Waals surface area contributed by atoms with E-state index < -0.39 is 5.63 Å². The average Bonchev–Trinajstić information content (AvgIpc) is 2.54. The van der Waals surface area contributed by atoms with Gasteiger partial charge in [-0.2, -0.15) is 0 Å². The summed E-state index contributed by atoms with van der Waals surface area (Å²) >= 11 is 0. The van der Waals surface area contributed by atoms with Gasteiger partial charge in [0.25, 0.3) is 0 Å². The van der Waals surface area contributed by atoms with Crippen LogP contribution in [0.15, 0.2) is 57.7 Å². The molecule has 1 aromatic heterocycles. The van der Waals surface area contributed by atoms with Crippen LogP contribution in [0.3, 0.4) is 0 Å². The Morgan fingerprint density at radius 1 is 1.05 bits per heavy atom. The maximum atomic E-state index is 12.9. The maximum absolute atomic E-state index is 12.9. The SMILES string of the molecule is COc1c(C#Cc2ccc(F)cc2)c(=O)oc2ccccc12. The van der Waals surface area contributed by atoms with E-state index in [0.29, 0.717) is 22.3 Å². The number of fused-ring (bicyclic) bond motifs is 1. The molecule has 0 saturated heterocycles. The quantitative estimate of drug-likeness (QED) is 0.510. The van der Waals surface area contributed by atoms with Gasteiger partial charge in [-0.1, -0.05) is 24.0 Å². The van der Waals surface area contributed by atoms with Gasteiger partial charge in [0.1, 0.15) is 11.4 Å². The summed E-state index contributed by atoms with van der Waals surface area (Å²) in [5.74, 6) is 5.61. The van der Waals surface area contributed by atoms with Crippen molar-refractivity contribution in [2.24, 2.45) is 0 Å². The summed E-state index contributed by atoms with van der Waals surface area (Å²) in [6, 6.07) is 12.8. The van der Waals surface area contributed by atoms with E-state index in [9.17, 15) is 9.18 Å². The predicted molar refractivity (Wildman–Crippen MR) is 81.4 cm³/mol. The highest BCUT2D eigenvalue weighted by molar-refractivity contribution is 5.85. The number of hydrogen-bond donors (Lipinski definition) is 0. The lowest BCUT2D eigenvalue weighted by atomic mass is 10.1. The lowest BCUT2D eigenvalue weighted by molar-refractivity contribution is 0.411. The Kier molecular flexibility index (Phi) is 3.63. The zero-order chi connectivity index (χ0) is 15.5. The highest BCUT2D eigenvalue weighted by atomic mass is 19.1. The fourth-order valence-corrected chi connectivity index (χ4v) is 2.11. The van der Waals surface area contributed by atoms with Gasteiger partial charge in [-0.3, -0.25) is 0 Å². The molecule has 0 aliphatic rings. The number of hydrogen-bond acceptors (Lipinski definition) is 3. The molecule has 0 atom stereocenters. The predicted octanol–water partition coefficient (Wildman–Crippen LogP) is 3.34. The van der Waals surface area contributed by atoms with Crippen LogP contribution in [0, 0.1) is 17.7 Å². The third kappa shape index (κ3) is 2.57. The summed E-state index contributed by atoms with van der Waals surface area (Å²) in [6.07, 6.45) is 0. The van der Waals surface area contributed by atoms with E-state index in [1.54, 1.807) is 18.2 Å². The largest absolute Gasteiger partial charge is 0.494 e. The molecule has 3 rings (SSSR count). The van der Waals surface area contributed by atoms with Gasteiger partial charge in [0.05, 0.1) is 12.5 Å². The summed E-state index contributed by atoms with van der Waals surface area (Å²) in [5.41, 5.74) is 0.614. The van der Waals surface area contributed by atoms with Gasteiger partial charge in [0.15, 0.2) is 11.3 Å². The fourth-order valence-electron chi connectivity index (χ4n) is 2.11. The van der Waals surface area contributed by atoms with Crippen molar-refractivity contribution in [3.8, 4) is 17.6 Å². The van der Waals surface area contributed by atoms with Gasteiger partial charge < -0.3 is 9.15 Å². The third-order valence-corrected chi connectivity index (χ3v) is 3.15. The number of benzene rings is 2. The van der Waals surface area contributed by atoms with Gasteiger partial charge in [-0.15, -0.1) is 0 Å². The molecule has 0 aliphatic heterocycles. The van der Waals surface area contributed by atoms with Crippen molar-refractivity contribution in [3.63, 3.8) is 0 Å². The van der Waals surface area contributed by atoms with Crippen molar-refractivity contribution in [2.45, 2.75) is 0 Å². The molecule has 2 aromatic carbocycles. The molecular weight excluding hydrogens is 283 g/mol. The zero-order valence-corrected chi connectivity index (χ0v) is 11.7. The van der Waals surface area contributed by atoms with Gasteiger partial charge in [-0.05, 0) is 36.4 Å². The van der Waals surface area contributed by atoms with Crippen molar-refractivity contribution in [3.05, 3.63) is 75.9 Å². The van der Waals surface area contributed by atoms with Gasteiger partial charge >= 0.3 is 5.63 Å². The average molecular weight is 294 g/mol. The molecule has 0 N–H and O–H groups in total. The minimum atomic E-state index is -0.565. The lowest BCUT2D eigenvalue weighted by Crippen LogP contribution is -2.07. The van der Waals surface area contributed by atoms with E-state index in [1.165, 1.54) is 31.4 Å². The lowest BCUT2D eigenvalue weighted by Gasteiger charge is -2.05. The molecule has 0 bridgehead atoms. The monoisotopic (exact) mass is 294 g/mol. The smallest absolute Gasteiger partial charge is 0.356 e. The van der Waals surface area contributed by atoms with Crippen LogP contribution in [0.1, 0.15) is 11.1 Å². The fraction of sp³-hybridized carbons (Fsp3) is 0.0556. The standard InChI is InChI=1S/C18H11FO3/c1-21-17-14-4-2-3-5-16(14)22-18(20)15(17)11-8-12-6-9-13(19)10-7-12/h2-7,9-10H,1H3. The Labute approximate surface area is 126 Å². The first-order valence-electron chi connectivity index (χ1n) is 6.56. The Balaban J connectivity index is 2.17. The van der Waals surface area contributed by atoms with Crippen LogP contribution in [-0.4, -0.2) is 7.11 Å². The molecule has 3 aromatic rings. The summed E-state index contributed by atoms with van der Waals surface area (Å²) < 4.78 is 23.4. The molecular formula is C18H11FO3. The molecule has 1 heterocycles. The second-order valence-electron chi connectivity index (χ2n) is 4.55. The molecule has 0 fully saturated rings. The summed E-state index contributed by atoms with van der Waals surface area (Å²) in [6.45, 7) is 0. The van der Waals surface area contributed by atoms with Crippen molar-refractivity contribution < 1.29 is 13.5 Å². The molecule has 3 nitrogen and oxygen atoms in total. The summed E-state index contributed by atoms with van der Waals surface area (Å²) in [7, 11) is 1.48. The number of halogens is 1. The molecule has 0 saturated carbocycles. The van der Waals surface area contributed by atoms with Crippen molar-refractivity contribution >= 4 is 11.0 Å².